The largest absolute Gasteiger partial charge is 0.310 e. The third-order valence-electron chi connectivity index (χ3n) is 15.4. The highest BCUT2D eigenvalue weighted by molar-refractivity contribution is 7.17. The molecular weight excluding hydrogens is 793 g/mol. The van der Waals surface area contributed by atoms with E-state index in [4.69, 9.17) is 0 Å². The van der Waals surface area contributed by atoms with Crippen LogP contribution in [0.2, 0.25) is 0 Å². The molecule has 0 atom stereocenters. The predicted octanol–water partition coefficient (Wildman–Crippen LogP) is 18.7. The summed E-state index contributed by atoms with van der Waals surface area (Å²) in [6, 6.07) is 36.6. The lowest BCUT2D eigenvalue weighted by molar-refractivity contribution is 0.331. The number of rotatable bonds is 6. The second-order valence-corrected chi connectivity index (χ2v) is 26.4. The van der Waals surface area contributed by atoms with Crippen molar-refractivity contribution in [2.45, 2.75) is 188 Å². The van der Waals surface area contributed by atoms with E-state index in [0.717, 1.165) is 0 Å². The van der Waals surface area contributed by atoms with E-state index in [9.17, 15) is 0 Å². The van der Waals surface area contributed by atoms with E-state index in [0.29, 0.717) is 0 Å². The van der Waals surface area contributed by atoms with Crippen molar-refractivity contribution in [1.29, 1.82) is 0 Å². The number of benzene rings is 5. The van der Waals surface area contributed by atoms with Gasteiger partial charge in [-0.15, -0.1) is 11.3 Å². The Morgan fingerprint density at radius 3 is 1.39 bits per heavy atom. The van der Waals surface area contributed by atoms with E-state index in [2.05, 4.69) is 231 Å². The fourth-order valence-electron chi connectivity index (χ4n) is 10.6. The molecular formula is C61H78N2S. The molecule has 0 N–H and O–H groups in total. The van der Waals surface area contributed by atoms with Crippen molar-refractivity contribution in [3.63, 3.8) is 0 Å². The van der Waals surface area contributed by atoms with Gasteiger partial charge in [0.2, 0.25) is 0 Å². The molecule has 0 radical (unpaired) electrons. The number of anilines is 6. The van der Waals surface area contributed by atoms with E-state index in [-0.39, 0.29) is 37.9 Å². The Balaban J connectivity index is 1.45. The molecule has 5 aromatic carbocycles. The van der Waals surface area contributed by atoms with Crippen LogP contribution in [0, 0.1) is 6.92 Å². The number of fused-ring (bicyclic) bond motifs is 3. The first kappa shape index (κ1) is 46.2. The Morgan fingerprint density at radius 2 is 0.859 bits per heavy atom. The van der Waals surface area contributed by atoms with Gasteiger partial charge < -0.3 is 9.80 Å². The van der Waals surface area contributed by atoms with Gasteiger partial charge in [0, 0.05) is 43.9 Å². The van der Waals surface area contributed by atoms with Crippen LogP contribution >= 0.6 is 11.3 Å². The van der Waals surface area contributed by atoms with E-state index in [1.165, 1.54) is 114 Å². The summed E-state index contributed by atoms with van der Waals surface area (Å²) in [5.74, 6) is 0. The fourth-order valence-corrected chi connectivity index (χ4v) is 11.5. The minimum atomic E-state index is -0.118. The average Bonchev–Trinajstić information content (AvgIpc) is 3.61. The number of nitrogens with zero attached hydrogens (tertiary/aromatic N) is 2. The van der Waals surface area contributed by atoms with Crippen molar-refractivity contribution in [2.24, 2.45) is 0 Å². The Hall–Kier alpha value is -4.34. The lowest BCUT2D eigenvalue weighted by Crippen LogP contribution is -2.34. The summed E-state index contributed by atoms with van der Waals surface area (Å²) in [5.41, 5.74) is 18.9. The van der Waals surface area contributed by atoms with Gasteiger partial charge in [-0.25, -0.2) is 0 Å². The van der Waals surface area contributed by atoms with Crippen LogP contribution < -0.4 is 9.80 Å². The topological polar surface area (TPSA) is 6.48 Å². The van der Waals surface area contributed by atoms with E-state index >= 15 is 0 Å². The van der Waals surface area contributed by atoms with Gasteiger partial charge in [0.25, 0.3) is 0 Å². The number of thiophene rings is 1. The Kier molecular flexibility index (Phi) is 11.1. The molecule has 0 spiro atoms. The fraction of sp³-hybridized carbons (Fsp3) is 0.475. The highest BCUT2D eigenvalue weighted by atomic mass is 32.1. The molecule has 0 bridgehead atoms. The summed E-state index contributed by atoms with van der Waals surface area (Å²) >= 11 is 1.85. The molecule has 0 saturated heterocycles. The first-order valence-electron chi connectivity index (χ1n) is 24.2. The molecule has 0 aliphatic heterocycles. The first-order valence-corrected chi connectivity index (χ1v) is 25.0. The summed E-state index contributed by atoms with van der Waals surface area (Å²) in [4.78, 5) is 5.19. The molecule has 6 aromatic rings. The predicted molar refractivity (Wildman–Crippen MR) is 283 cm³/mol. The first-order chi connectivity index (χ1) is 29.5. The minimum absolute atomic E-state index is 0.0293. The van der Waals surface area contributed by atoms with Crippen LogP contribution in [0.1, 0.15) is 188 Å². The molecule has 2 aliphatic carbocycles. The van der Waals surface area contributed by atoms with Gasteiger partial charge in [0.05, 0.1) is 5.69 Å². The van der Waals surface area contributed by atoms with Gasteiger partial charge in [-0.05, 0) is 176 Å². The molecule has 0 fully saturated rings. The zero-order chi connectivity index (χ0) is 46.7. The van der Waals surface area contributed by atoms with Crippen LogP contribution in [0.25, 0.3) is 10.1 Å². The van der Waals surface area contributed by atoms with Crippen LogP contribution in [0.5, 0.6) is 0 Å². The van der Waals surface area contributed by atoms with Crippen molar-refractivity contribution in [3.8, 4) is 0 Å². The van der Waals surface area contributed by atoms with Crippen LogP contribution in [0.4, 0.5) is 34.1 Å². The van der Waals surface area contributed by atoms with Crippen molar-refractivity contribution in [1.82, 2.24) is 0 Å². The summed E-state index contributed by atoms with van der Waals surface area (Å²) in [5, 5.41) is 3.69. The van der Waals surface area contributed by atoms with Gasteiger partial charge in [0.1, 0.15) is 0 Å². The van der Waals surface area contributed by atoms with Crippen LogP contribution in [-0.4, -0.2) is 0 Å². The van der Waals surface area contributed by atoms with Crippen LogP contribution in [0.3, 0.4) is 0 Å². The maximum Gasteiger partial charge on any atom is 0.0647 e. The average molecular weight is 871 g/mol. The zero-order valence-electron chi connectivity index (χ0n) is 42.9. The molecule has 2 aliphatic rings. The zero-order valence-corrected chi connectivity index (χ0v) is 43.7. The monoisotopic (exact) mass is 871 g/mol. The van der Waals surface area contributed by atoms with Crippen LogP contribution in [0.15, 0.2) is 96.4 Å². The molecule has 1 heterocycles. The van der Waals surface area contributed by atoms with Crippen molar-refractivity contribution in [3.05, 3.63) is 141 Å². The SMILES string of the molecule is Cc1cc2c(cc1N(c1cc(N(c3ccc(C(C)(C)C)cc3)c3csc4ccc(C(C)(C)C)cc34)cc(C(C)(C)C)c1)c1ccc3c(c1)C(C)(C)CCC3(C)C)C(C)(C)CCC2(C)C. The van der Waals surface area contributed by atoms with Crippen LogP contribution in [-0.2, 0) is 37.9 Å². The summed E-state index contributed by atoms with van der Waals surface area (Å²) < 4.78 is 1.31. The number of hydrogen-bond donors (Lipinski definition) is 0. The maximum atomic E-state index is 2.63. The third-order valence-corrected chi connectivity index (χ3v) is 16.4. The highest BCUT2D eigenvalue weighted by Crippen LogP contribution is 2.53. The third kappa shape index (κ3) is 8.38. The van der Waals surface area contributed by atoms with Gasteiger partial charge in [-0.2, -0.15) is 0 Å². The van der Waals surface area contributed by atoms with Gasteiger partial charge >= 0.3 is 0 Å². The lowest BCUT2D eigenvalue weighted by Gasteiger charge is -2.44. The van der Waals surface area contributed by atoms with Crippen molar-refractivity contribution < 1.29 is 0 Å². The van der Waals surface area contributed by atoms with Crippen molar-refractivity contribution in [2.75, 3.05) is 9.80 Å². The number of hydrogen-bond acceptors (Lipinski definition) is 3. The molecule has 0 unspecified atom stereocenters. The summed E-state index contributed by atoms with van der Waals surface area (Å²) in [6.45, 7) is 43.0. The highest BCUT2D eigenvalue weighted by Gasteiger charge is 2.40. The summed E-state index contributed by atoms with van der Waals surface area (Å²) in [6.07, 6.45) is 4.75. The molecule has 8 rings (SSSR count). The van der Waals surface area contributed by atoms with Gasteiger partial charge in [-0.3, -0.25) is 0 Å². The molecule has 64 heavy (non-hydrogen) atoms. The Bertz CT molecular complexity index is 2730. The normalized spacial score (nSPS) is 17.8. The Morgan fingerprint density at radius 1 is 0.406 bits per heavy atom. The van der Waals surface area contributed by atoms with E-state index in [1.807, 2.05) is 11.3 Å². The Labute approximate surface area is 392 Å². The molecule has 0 saturated carbocycles. The molecule has 3 heteroatoms. The quantitative estimate of drug-likeness (QED) is 0.165. The molecule has 338 valence electrons. The van der Waals surface area contributed by atoms with Gasteiger partial charge in [-0.1, -0.05) is 148 Å². The smallest absolute Gasteiger partial charge is 0.0647 e. The summed E-state index contributed by atoms with van der Waals surface area (Å²) in [7, 11) is 0. The second-order valence-electron chi connectivity index (χ2n) is 25.5. The molecule has 0 amide bonds. The van der Waals surface area contributed by atoms with E-state index in [1.54, 1.807) is 0 Å². The second kappa shape index (κ2) is 15.4. The van der Waals surface area contributed by atoms with Crippen molar-refractivity contribution >= 4 is 55.5 Å². The number of aryl methyl sites for hydroxylation is 1. The minimum Gasteiger partial charge on any atom is -0.310 e. The molecule has 2 nitrogen and oxygen atoms in total. The maximum absolute atomic E-state index is 2.63. The van der Waals surface area contributed by atoms with E-state index < -0.39 is 0 Å². The molecule has 1 aromatic heterocycles. The van der Waals surface area contributed by atoms with Gasteiger partial charge in [0.15, 0.2) is 0 Å². The standard InChI is InChI=1S/C61H78N2S/c1-39-31-49-51(61(17,18)30-29-59(49,13)14)37-52(39)63(44-24-25-48-50(36-44)60(15,16)28-27-58(48,11)12)46-33-42(57(8,9)10)32-45(35-46)62(43-22-19-40(20-23-43)55(2,3)4)53-38-64-54-26-21-41(34-47(53)54)56(5,6)7/h19-26,31-38H,27-30H2,1-18H3. The lowest BCUT2D eigenvalue weighted by atomic mass is 9.62.